The van der Waals surface area contributed by atoms with Crippen molar-refractivity contribution in [3.63, 3.8) is 0 Å². The number of benzene rings is 1. The Balaban J connectivity index is 1.80. The zero-order valence-corrected chi connectivity index (χ0v) is 13.0. The lowest BCUT2D eigenvalue weighted by Gasteiger charge is -2.19. The Morgan fingerprint density at radius 1 is 1.55 bits per heavy atom. The fourth-order valence-corrected chi connectivity index (χ4v) is 2.85. The van der Waals surface area contributed by atoms with E-state index in [-0.39, 0.29) is 5.91 Å². The van der Waals surface area contributed by atoms with Crippen molar-refractivity contribution in [1.29, 1.82) is 0 Å². The molecule has 1 N–H and O–H groups in total. The summed E-state index contributed by atoms with van der Waals surface area (Å²) in [7, 11) is 0. The molecule has 1 heterocycles. The summed E-state index contributed by atoms with van der Waals surface area (Å²) >= 11 is 6.02. The van der Waals surface area contributed by atoms with Gasteiger partial charge in [0.15, 0.2) is 0 Å². The minimum Gasteiger partial charge on any atom is -0.341 e. The van der Waals surface area contributed by atoms with Crippen LogP contribution in [0.2, 0.25) is 5.02 Å². The van der Waals surface area contributed by atoms with Gasteiger partial charge >= 0.3 is 0 Å². The highest BCUT2D eigenvalue weighted by Gasteiger charge is 2.25. The number of amides is 1. The van der Waals surface area contributed by atoms with E-state index in [2.05, 4.69) is 18.3 Å². The minimum atomic E-state index is 0.261. The van der Waals surface area contributed by atoms with Crippen LogP contribution in [0.4, 0.5) is 0 Å². The van der Waals surface area contributed by atoms with E-state index in [1.165, 1.54) is 5.56 Å². The molecule has 20 heavy (non-hydrogen) atoms. The Labute approximate surface area is 126 Å². The lowest BCUT2D eigenvalue weighted by Crippen LogP contribution is -2.36. The summed E-state index contributed by atoms with van der Waals surface area (Å²) in [5, 5.41) is 4.36. The second-order valence-corrected chi connectivity index (χ2v) is 5.98. The van der Waals surface area contributed by atoms with E-state index in [9.17, 15) is 4.79 Å². The average molecular weight is 295 g/mol. The molecule has 1 aliphatic rings. The first-order valence-electron chi connectivity index (χ1n) is 7.36. The molecule has 0 radical (unpaired) electrons. The van der Waals surface area contributed by atoms with Gasteiger partial charge in [-0.2, -0.15) is 0 Å². The normalized spacial score (nSPS) is 20.1. The molecule has 0 bridgehead atoms. The summed E-state index contributed by atoms with van der Waals surface area (Å²) in [6.45, 7) is 6.76. The Kier molecular flexibility index (Phi) is 5.44. The molecule has 0 spiro atoms. The quantitative estimate of drug-likeness (QED) is 0.905. The molecular weight excluding hydrogens is 272 g/mol. The van der Waals surface area contributed by atoms with Gasteiger partial charge in [-0.05, 0) is 30.0 Å². The number of carbonyl (C=O) groups is 1. The Hall–Kier alpha value is -1.06. The van der Waals surface area contributed by atoms with Crippen molar-refractivity contribution >= 4 is 17.5 Å². The number of halogens is 1. The van der Waals surface area contributed by atoms with E-state index in [1.807, 2.05) is 30.0 Å². The van der Waals surface area contributed by atoms with Crippen LogP contribution in [-0.4, -0.2) is 36.5 Å². The molecular formula is C16H23ClN2O. The second kappa shape index (κ2) is 7.09. The Bertz CT molecular complexity index is 464. The fourth-order valence-electron chi connectivity index (χ4n) is 2.65. The van der Waals surface area contributed by atoms with E-state index in [0.717, 1.165) is 31.1 Å². The number of likely N-dealkylation sites (tertiary alicyclic amines) is 1. The zero-order valence-electron chi connectivity index (χ0n) is 12.2. The van der Waals surface area contributed by atoms with Crippen LogP contribution < -0.4 is 5.32 Å². The van der Waals surface area contributed by atoms with Crippen LogP contribution in [0, 0.1) is 0 Å². The number of hydrogen-bond donors (Lipinski definition) is 1. The first-order chi connectivity index (χ1) is 9.60. The van der Waals surface area contributed by atoms with Gasteiger partial charge in [0.1, 0.15) is 0 Å². The number of carbonyl (C=O) groups excluding carboxylic acids is 1. The van der Waals surface area contributed by atoms with Gasteiger partial charge in [0.05, 0.1) is 0 Å². The van der Waals surface area contributed by atoms with E-state index < -0.39 is 0 Å². The maximum atomic E-state index is 11.6. The molecule has 4 heteroatoms. The van der Waals surface area contributed by atoms with Crippen molar-refractivity contribution in [1.82, 2.24) is 10.2 Å². The highest BCUT2D eigenvalue weighted by Crippen LogP contribution is 2.19. The van der Waals surface area contributed by atoms with Crippen LogP contribution in [0.1, 0.15) is 38.2 Å². The first-order valence-corrected chi connectivity index (χ1v) is 7.74. The molecule has 1 aromatic carbocycles. The molecule has 0 aliphatic carbocycles. The van der Waals surface area contributed by atoms with E-state index in [4.69, 9.17) is 11.6 Å². The third-order valence-electron chi connectivity index (χ3n) is 3.97. The lowest BCUT2D eigenvalue weighted by molar-refractivity contribution is -0.129. The largest absolute Gasteiger partial charge is 0.341 e. The zero-order chi connectivity index (χ0) is 14.5. The average Bonchev–Trinajstić information content (AvgIpc) is 2.92. The van der Waals surface area contributed by atoms with Crippen molar-refractivity contribution < 1.29 is 4.79 Å². The molecule has 110 valence electrons. The van der Waals surface area contributed by atoms with E-state index in [1.54, 1.807) is 0 Å². The van der Waals surface area contributed by atoms with Gasteiger partial charge in [-0.3, -0.25) is 4.79 Å². The van der Waals surface area contributed by atoms with Crippen LogP contribution in [0.25, 0.3) is 0 Å². The van der Waals surface area contributed by atoms with Crippen LogP contribution in [0.5, 0.6) is 0 Å². The Morgan fingerprint density at radius 2 is 2.35 bits per heavy atom. The number of nitrogens with one attached hydrogen (secondary N) is 1. The van der Waals surface area contributed by atoms with Crippen LogP contribution in [-0.2, 0) is 4.79 Å². The van der Waals surface area contributed by atoms with Crippen molar-refractivity contribution in [2.24, 2.45) is 0 Å². The molecule has 1 saturated heterocycles. The third-order valence-corrected chi connectivity index (χ3v) is 4.21. The van der Waals surface area contributed by atoms with Gasteiger partial charge in [0.2, 0.25) is 5.91 Å². The summed E-state index contributed by atoms with van der Waals surface area (Å²) in [5.74, 6) is 0.682. The third kappa shape index (κ3) is 3.97. The summed E-state index contributed by atoms with van der Waals surface area (Å²) in [5.41, 5.74) is 1.25. The van der Waals surface area contributed by atoms with Crippen molar-refractivity contribution in [2.45, 2.75) is 38.6 Å². The van der Waals surface area contributed by atoms with Gasteiger partial charge < -0.3 is 10.2 Å². The van der Waals surface area contributed by atoms with E-state index >= 15 is 0 Å². The molecule has 1 aromatic rings. The number of nitrogens with zero attached hydrogens (tertiary/aromatic N) is 1. The summed E-state index contributed by atoms with van der Waals surface area (Å²) in [4.78, 5) is 13.6. The standard InChI is InChI=1S/C16H23ClN2O/c1-3-16(20)19-8-7-15(11-19)18-10-12(2)13-5-4-6-14(17)9-13/h4-6,9,12,15,18H,3,7-8,10-11H2,1-2H3/t12-,15-/m1/s1. The fraction of sp³-hybridized carbons (Fsp3) is 0.562. The molecule has 0 unspecified atom stereocenters. The highest BCUT2D eigenvalue weighted by molar-refractivity contribution is 6.30. The maximum absolute atomic E-state index is 11.6. The van der Waals surface area contributed by atoms with Gasteiger partial charge in [-0.15, -0.1) is 0 Å². The number of hydrogen-bond acceptors (Lipinski definition) is 2. The highest BCUT2D eigenvalue weighted by atomic mass is 35.5. The first kappa shape index (κ1) is 15.3. The van der Waals surface area contributed by atoms with Gasteiger partial charge in [-0.25, -0.2) is 0 Å². The molecule has 0 aromatic heterocycles. The molecule has 1 amide bonds. The molecule has 2 atom stereocenters. The topological polar surface area (TPSA) is 32.3 Å². The number of rotatable bonds is 5. The minimum absolute atomic E-state index is 0.261. The SMILES string of the molecule is CCC(=O)N1CC[C@@H](NC[C@@H](C)c2cccc(Cl)c2)C1. The monoisotopic (exact) mass is 294 g/mol. The Morgan fingerprint density at radius 3 is 3.05 bits per heavy atom. The van der Waals surface area contributed by atoms with E-state index in [0.29, 0.717) is 18.4 Å². The smallest absolute Gasteiger partial charge is 0.222 e. The molecule has 3 nitrogen and oxygen atoms in total. The van der Waals surface area contributed by atoms with Crippen LogP contribution >= 0.6 is 11.6 Å². The summed E-state index contributed by atoms with van der Waals surface area (Å²) in [6.07, 6.45) is 1.65. The van der Waals surface area contributed by atoms with Gasteiger partial charge in [-0.1, -0.05) is 37.6 Å². The van der Waals surface area contributed by atoms with Gasteiger partial charge in [0, 0.05) is 37.1 Å². The molecule has 2 rings (SSSR count). The van der Waals surface area contributed by atoms with Crippen molar-refractivity contribution in [2.75, 3.05) is 19.6 Å². The van der Waals surface area contributed by atoms with Gasteiger partial charge in [0.25, 0.3) is 0 Å². The lowest BCUT2D eigenvalue weighted by atomic mass is 10.0. The van der Waals surface area contributed by atoms with Crippen LogP contribution in [0.15, 0.2) is 24.3 Å². The van der Waals surface area contributed by atoms with Crippen molar-refractivity contribution in [3.8, 4) is 0 Å². The predicted octanol–water partition coefficient (Wildman–Crippen LogP) is 3.04. The maximum Gasteiger partial charge on any atom is 0.222 e. The van der Waals surface area contributed by atoms with Crippen molar-refractivity contribution in [3.05, 3.63) is 34.9 Å². The molecule has 1 aliphatic heterocycles. The van der Waals surface area contributed by atoms with Crippen LogP contribution in [0.3, 0.4) is 0 Å². The molecule has 1 fully saturated rings. The second-order valence-electron chi connectivity index (χ2n) is 5.54. The summed E-state index contributed by atoms with van der Waals surface area (Å²) in [6, 6.07) is 8.45. The predicted molar refractivity (Wildman–Crippen MR) is 83.1 cm³/mol. The summed E-state index contributed by atoms with van der Waals surface area (Å²) < 4.78 is 0. The molecule has 0 saturated carbocycles.